The average molecular weight is 391 g/mol. The maximum atomic E-state index is 12.5. The Morgan fingerprint density at radius 2 is 1.86 bits per heavy atom. The van der Waals surface area contributed by atoms with Gasteiger partial charge in [0.1, 0.15) is 11.7 Å². The first-order valence-electron chi connectivity index (χ1n) is 9.44. The standard InChI is InChI=1S/C21H29NO6/c1-7-26-19(24)15-9-8-13(2)16(10-15)17-11-22(12-18(17)27-14(3)23)20(25)28-21(4,5)6/h8-10,17-18H,7,11-12H2,1-6H3/t17-,18+/m1/s1. The molecule has 0 radical (unpaired) electrons. The molecule has 2 rings (SSSR count). The van der Waals surface area contributed by atoms with E-state index in [4.69, 9.17) is 14.2 Å². The Hall–Kier alpha value is -2.57. The Bertz CT molecular complexity index is 752. The van der Waals surface area contributed by atoms with Gasteiger partial charge in [-0.25, -0.2) is 9.59 Å². The van der Waals surface area contributed by atoms with E-state index >= 15 is 0 Å². The molecule has 0 aromatic heterocycles. The van der Waals surface area contributed by atoms with Crippen LogP contribution in [0.2, 0.25) is 0 Å². The Morgan fingerprint density at radius 3 is 2.43 bits per heavy atom. The molecule has 7 nitrogen and oxygen atoms in total. The molecule has 1 aromatic rings. The number of nitrogens with zero attached hydrogens (tertiary/aromatic N) is 1. The van der Waals surface area contributed by atoms with Gasteiger partial charge in [-0.05, 0) is 57.9 Å². The number of carbonyl (C=O) groups excluding carboxylic acids is 3. The van der Waals surface area contributed by atoms with Gasteiger partial charge < -0.3 is 19.1 Å². The minimum Gasteiger partial charge on any atom is -0.462 e. The molecule has 1 saturated heterocycles. The average Bonchev–Trinajstić information content (AvgIpc) is 2.97. The number of aryl methyl sites for hydroxylation is 1. The second-order valence-corrected chi connectivity index (χ2v) is 7.93. The van der Waals surface area contributed by atoms with Gasteiger partial charge in [0.05, 0.1) is 18.7 Å². The summed E-state index contributed by atoms with van der Waals surface area (Å²) < 4.78 is 16.0. The molecule has 0 spiro atoms. The summed E-state index contributed by atoms with van der Waals surface area (Å²) in [5.41, 5.74) is 1.61. The highest BCUT2D eigenvalue weighted by Gasteiger charge is 2.40. The number of ether oxygens (including phenoxy) is 3. The third-order valence-corrected chi connectivity index (χ3v) is 4.43. The minimum atomic E-state index is -0.619. The van der Waals surface area contributed by atoms with Gasteiger partial charge in [0.15, 0.2) is 0 Å². The summed E-state index contributed by atoms with van der Waals surface area (Å²) in [6, 6.07) is 5.30. The van der Waals surface area contributed by atoms with Crippen LogP contribution in [0.3, 0.4) is 0 Å². The number of rotatable bonds is 4. The van der Waals surface area contributed by atoms with Crippen molar-refractivity contribution >= 4 is 18.0 Å². The highest BCUT2D eigenvalue weighted by molar-refractivity contribution is 5.89. The fourth-order valence-corrected chi connectivity index (χ4v) is 3.26. The van der Waals surface area contributed by atoms with Gasteiger partial charge in [0, 0.05) is 19.4 Å². The van der Waals surface area contributed by atoms with E-state index in [9.17, 15) is 14.4 Å². The summed E-state index contributed by atoms with van der Waals surface area (Å²) in [5, 5.41) is 0. The normalized spacial score (nSPS) is 19.3. The fraction of sp³-hybridized carbons (Fsp3) is 0.571. The molecule has 2 atom stereocenters. The van der Waals surface area contributed by atoms with Crippen LogP contribution in [0, 0.1) is 6.92 Å². The van der Waals surface area contributed by atoms with Crippen molar-refractivity contribution in [3.8, 4) is 0 Å². The first-order chi connectivity index (χ1) is 13.0. The molecule has 154 valence electrons. The van der Waals surface area contributed by atoms with Crippen molar-refractivity contribution in [1.29, 1.82) is 0 Å². The molecule has 0 aliphatic carbocycles. The summed E-state index contributed by atoms with van der Waals surface area (Å²) in [7, 11) is 0. The van der Waals surface area contributed by atoms with E-state index in [1.54, 1.807) is 44.7 Å². The maximum Gasteiger partial charge on any atom is 0.410 e. The number of carbonyl (C=O) groups is 3. The number of amides is 1. The van der Waals surface area contributed by atoms with Crippen molar-refractivity contribution in [2.24, 2.45) is 0 Å². The molecule has 7 heteroatoms. The maximum absolute atomic E-state index is 12.5. The lowest BCUT2D eigenvalue weighted by Gasteiger charge is -2.24. The molecule has 1 fully saturated rings. The van der Waals surface area contributed by atoms with Crippen molar-refractivity contribution in [3.63, 3.8) is 0 Å². The van der Waals surface area contributed by atoms with Crippen LogP contribution in [0.4, 0.5) is 4.79 Å². The van der Waals surface area contributed by atoms with E-state index in [-0.39, 0.29) is 19.1 Å². The van der Waals surface area contributed by atoms with Crippen LogP contribution in [0.25, 0.3) is 0 Å². The Balaban J connectivity index is 2.32. The smallest absolute Gasteiger partial charge is 0.410 e. The summed E-state index contributed by atoms with van der Waals surface area (Å²) in [6.07, 6.45) is -0.965. The van der Waals surface area contributed by atoms with Crippen LogP contribution < -0.4 is 0 Å². The predicted molar refractivity (Wildman–Crippen MR) is 103 cm³/mol. The molecular formula is C21H29NO6. The molecule has 0 saturated carbocycles. The van der Waals surface area contributed by atoms with E-state index < -0.39 is 29.7 Å². The van der Waals surface area contributed by atoms with Gasteiger partial charge in [0.25, 0.3) is 0 Å². The topological polar surface area (TPSA) is 82.1 Å². The molecule has 28 heavy (non-hydrogen) atoms. The predicted octanol–water partition coefficient (Wildman–Crippen LogP) is 3.44. The molecule has 1 aliphatic heterocycles. The van der Waals surface area contributed by atoms with Crippen molar-refractivity contribution in [2.45, 2.75) is 59.2 Å². The van der Waals surface area contributed by atoms with E-state index in [1.165, 1.54) is 6.92 Å². The third-order valence-electron chi connectivity index (χ3n) is 4.43. The van der Waals surface area contributed by atoms with Crippen LogP contribution >= 0.6 is 0 Å². The zero-order chi connectivity index (χ0) is 21.1. The van der Waals surface area contributed by atoms with Crippen LogP contribution in [-0.2, 0) is 19.0 Å². The zero-order valence-corrected chi connectivity index (χ0v) is 17.4. The number of hydrogen-bond donors (Lipinski definition) is 0. The Kier molecular flexibility index (Phi) is 6.69. The molecule has 0 bridgehead atoms. The molecular weight excluding hydrogens is 362 g/mol. The lowest BCUT2D eigenvalue weighted by Crippen LogP contribution is -2.36. The SMILES string of the molecule is CCOC(=O)c1ccc(C)c([C@H]2CN(C(=O)OC(C)(C)C)C[C@@H]2OC(C)=O)c1. The van der Waals surface area contributed by atoms with Gasteiger partial charge in [-0.15, -0.1) is 0 Å². The number of esters is 2. The highest BCUT2D eigenvalue weighted by Crippen LogP contribution is 2.33. The molecule has 1 amide bonds. The number of hydrogen-bond acceptors (Lipinski definition) is 6. The fourth-order valence-electron chi connectivity index (χ4n) is 3.26. The van der Waals surface area contributed by atoms with Crippen molar-refractivity contribution in [1.82, 2.24) is 4.90 Å². The first kappa shape index (κ1) is 21.7. The zero-order valence-electron chi connectivity index (χ0n) is 17.4. The van der Waals surface area contributed by atoms with Crippen LogP contribution in [0.15, 0.2) is 18.2 Å². The van der Waals surface area contributed by atoms with E-state index in [1.807, 2.05) is 13.0 Å². The van der Waals surface area contributed by atoms with Gasteiger partial charge in [-0.3, -0.25) is 4.79 Å². The van der Waals surface area contributed by atoms with E-state index in [2.05, 4.69) is 0 Å². The molecule has 1 heterocycles. The summed E-state index contributed by atoms with van der Waals surface area (Å²) in [4.78, 5) is 37.8. The van der Waals surface area contributed by atoms with Gasteiger partial charge >= 0.3 is 18.0 Å². The van der Waals surface area contributed by atoms with E-state index in [0.29, 0.717) is 12.1 Å². The van der Waals surface area contributed by atoms with Gasteiger partial charge in [-0.2, -0.15) is 0 Å². The van der Waals surface area contributed by atoms with Crippen LogP contribution in [0.1, 0.15) is 62.0 Å². The molecule has 0 N–H and O–H groups in total. The summed E-state index contributed by atoms with van der Waals surface area (Å²) >= 11 is 0. The second-order valence-electron chi connectivity index (χ2n) is 7.93. The summed E-state index contributed by atoms with van der Waals surface area (Å²) in [5.74, 6) is -1.08. The second kappa shape index (κ2) is 8.63. The van der Waals surface area contributed by atoms with Crippen LogP contribution in [0.5, 0.6) is 0 Å². The van der Waals surface area contributed by atoms with Gasteiger partial charge in [-0.1, -0.05) is 6.07 Å². The molecule has 1 aromatic carbocycles. The quantitative estimate of drug-likeness (QED) is 0.578. The number of likely N-dealkylation sites (tertiary alicyclic amines) is 1. The van der Waals surface area contributed by atoms with E-state index in [0.717, 1.165) is 11.1 Å². The Labute approximate surface area is 165 Å². The van der Waals surface area contributed by atoms with Crippen LogP contribution in [-0.4, -0.2) is 54.3 Å². The van der Waals surface area contributed by atoms with Crippen molar-refractivity contribution < 1.29 is 28.6 Å². The first-order valence-corrected chi connectivity index (χ1v) is 9.44. The molecule has 1 aliphatic rings. The minimum absolute atomic E-state index is 0.238. The third kappa shape index (κ3) is 5.47. The largest absolute Gasteiger partial charge is 0.462 e. The van der Waals surface area contributed by atoms with Crippen molar-refractivity contribution in [3.05, 3.63) is 34.9 Å². The lowest BCUT2D eigenvalue weighted by atomic mass is 9.90. The van der Waals surface area contributed by atoms with Gasteiger partial charge in [0.2, 0.25) is 0 Å². The summed E-state index contributed by atoms with van der Waals surface area (Å²) in [6.45, 7) is 11.3. The Morgan fingerprint density at radius 1 is 1.18 bits per heavy atom. The number of benzene rings is 1. The monoisotopic (exact) mass is 391 g/mol. The lowest BCUT2D eigenvalue weighted by molar-refractivity contribution is -0.146. The molecule has 0 unspecified atom stereocenters. The highest BCUT2D eigenvalue weighted by atomic mass is 16.6. The van der Waals surface area contributed by atoms with Crippen molar-refractivity contribution in [2.75, 3.05) is 19.7 Å².